The Bertz CT molecular complexity index is 659. The van der Waals surface area contributed by atoms with Crippen LogP contribution in [0.4, 0.5) is 0 Å². The Hall–Kier alpha value is -2.36. The SMILES string of the molecule is Cc1ccccc1CNC(=O)c1ccn(C)c(=O)c1. The first kappa shape index (κ1) is 13.1. The van der Waals surface area contributed by atoms with Gasteiger partial charge in [0.15, 0.2) is 0 Å². The van der Waals surface area contributed by atoms with Crippen LogP contribution in [0.5, 0.6) is 0 Å². The predicted octanol–water partition coefficient (Wildman–Crippen LogP) is 1.62. The molecule has 0 atom stereocenters. The summed E-state index contributed by atoms with van der Waals surface area (Å²) in [7, 11) is 1.65. The average molecular weight is 256 g/mol. The van der Waals surface area contributed by atoms with Gasteiger partial charge in [-0.1, -0.05) is 24.3 Å². The predicted molar refractivity (Wildman–Crippen MR) is 74.0 cm³/mol. The summed E-state index contributed by atoms with van der Waals surface area (Å²) < 4.78 is 1.43. The molecular formula is C15H16N2O2. The number of aryl methyl sites for hydroxylation is 2. The highest BCUT2D eigenvalue weighted by Gasteiger charge is 2.07. The van der Waals surface area contributed by atoms with E-state index in [-0.39, 0.29) is 11.5 Å². The summed E-state index contributed by atoms with van der Waals surface area (Å²) in [6.07, 6.45) is 1.59. The van der Waals surface area contributed by atoms with Crippen LogP contribution < -0.4 is 10.9 Å². The molecule has 19 heavy (non-hydrogen) atoms. The molecule has 2 aromatic rings. The fourth-order valence-electron chi connectivity index (χ4n) is 1.78. The lowest BCUT2D eigenvalue weighted by Crippen LogP contribution is -2.26. The first-order chi connectivity index (χ1) is 9.08. The van der Waals surface area contributed by atoms with E-state index in [0.29, 0.717) is 12.1 Å². The quantitative estimate of drug-likeness (QED) is 0.907. The maximum atomic E-state index is 11.9. The van der Waals surface area contributed by atoms with Crippen molar-refractivity contribution in [3.8, 4) is 0 Å². The van der Waals surface area contributed by atoms with Crippen LogP contribution in [-0.2, 0) is 13.6 Å². The number of amides is 1. The maximum absolute atomic E-state index is 11.9. The van der Waals surface area contributed by atoms with Crippen LogP contribution in [0.3, 0.4) is 0 Å². The summed E-state index contributed by atoms with van der Waals surface area (Å²) in [5.41, 5.74) is 2.40. The van der Waals surface area contributed by atoms with Crippen LogP contribution in [0.2, 0.25) is 0 Å². The number of benzene rings is 1. The molecule has 0 fully saturated rings. The second kappa shape index (κ2) is 5.52. The van der Waals surface area contributed by atoms with Crippen molar-refractivity contribution in [3.63, 3.8) is 0 Å². The standard InChI is InChI=1S/C15H16N2O2/c1-11-5-3-4-6-13(11)10-16-15(19)12-7-8-17(2)14(18)9-12/h3-9H,10H2,1-2H3,(H,16,19). The second-order valence-electron chi connectivity index (χ2n) is 4.47. The minimum absolute atomic E-state index is 0.191. The molecule has 1 heterocycles. The van der Waals surface area contributed by atoms with Crippen molar-refractivity contribution < 1.29 is 4.79 Å². The molecule has 0 radical (unpaired) electrons. The van der Waals surface area contributed by atoms with E-state index < -0.39 is 0 Å². The Morgan fingerprint density at radius 3 is 2.68 bits per heavy atom. The van der Waals surface area contributed by atoms with E-state index in [1.165, 1.54) is 10.6 Å². The summed E-state index contributed by atoms with van der Waals surface area (Å²) in [6, 6.07) is 10.8. The maximum Gasteiger partial charge on any atom is 0.251 e. The van der Waals surface area contributed by atoms with Crippen LogP contribution in [0.15, 0.2) is 47.4 Å². The van der Waals surface area contributed by atoms with Gasteiger partial charge in [0.2, 0.25) is 0 Å². The third kappa shape index (κ3) is 3.10. The normalized spacial score (nSPS) is 10.2. The van der Waals surface area contributed by atoms with Gasteiger partial charge in [0.05, 0.1) is 0 Å². The molecule has 1 N–H and O–H groups in total. The summed E-state index contributed by atoms with van der Waals surface area (Å²) in [5, 5.41) is 2.82. The fourth-order valence-corrected chi connectivity index (χ4v) is 1.78. The van der Waals surface area contributed by atoms with Gasteiger partial charge in [-0.3, -0.25) is 9.59 Å². The summed E-state index contributed by atoms with van der Waals surface area (Å²) >= 11 is 0. The van der Waals surface area contributed by atoms with Crippen molar-refractivity contribution in [2.45, 2.75) is 13.5 Å². The Morgan fingerprint density at radius 2 is 2.00 bits per heavy atom. The Kier molecular flexibility index (Phi) is 3.80. The lowest BCUT2D eigenvalue weighted by molar-refractivity contribution is 0.0950. The first-order valence-corrected chi connectivity index (χ1v) is 6.07. The first-order valence-electron chi connectivity index (χ1n) is 6.07. The van der Waals surface area contributed by atoms with Crippen molar-refractivity contribution in [2.24, 2.45) is 7.05 Å². The molecular weight excluding hydrogens is 240 g/mol. The molecule has 0 saturated carbocycles. The fraction of sp³-hybridized carbons (Fsp3) is 0.200. The van der Waals surface area contributed by atoms with E-state index in [9.17, 15) is 9.59 Å². The third-order valence-corrected chi connectivity index (χ3v) is 3.07. The molecule has 0 bridgehead atoms. The Labute approximate surface area is 111 Å². The molecule has 1 aromatic heterocycles. The molecule has 0 spiro atoms. The largest absolute Gasteiger partial charge is 0.348 e. The highest BCUT2D eigenvalue weighted by molar-refractivity contribution is 5.93. The van der Waals surface area contributed by atoms with Crippen molar-refractivity contribution in [3.05, 3.63) is 69.6 Å². The number of carbonyl (C=O) groups is 1. The number of hydrogen-bond donors (Lipinski definition) is 1. The van der Waals surface area contributed by atoms with Crippen molar-refractivity contribution in [1.29, 1.82) is 0 Å². The van der Waals surface area contributed by atoms with Gasteiger partial charge < -0.3 is 9.88 Å². The Balaban J connectivity index is 2.08. The molecule has 0 aliphatic heterocycles. The van der Waals surface area contributed by atoms with Gasteiger partial charge in [-0.05, 0) is 24.1 Å². The molecule has 4 heteroatoms. The lowest BCUT2D eigenvalue weighted by Gasteiger charge is -2.08. The van der Waals surface area contributed by atoms with E-state index >= 15 is 0 Å². The van der Waals surface area contributed by atoms with E-state index in [1.54, 1.807) is 19.3 Å². The summed E-state index contributed by atoms with van der Waals surface area (Å²) in [4.78, 5) is 23.4. The molecule has 0 aliphatic rings. The molecule has 98 valence electrons. The van der Waals surface area contributed by atoms with Crippen LogP contribution >= 0.6 is 0 Å². The molecule has 4 nitrogen and oxygen atoms in total. The third-order valence-electron chi connectivity index (χ3n) is 3.07. The van der Waals surface area contributed by atoms with Crippen LogP contribution in [-0.4, -0.2) is 10.5 Å². The van der Waals surface area contributed by atoms with E-state index in [4.69, 9.17) is 0 Å². The van der Waals surface area contributed by atoms with Crippen LogP contribution in [0.25, 0.3) is 0 Å². The smallest absolute Gasteiger partial charge is 0.251 e. The minimum atomic E-state index is -0.235. The summed E-state index contributed by atoms with van der Waals surface area (Å²) in [6.45, 7) is 2.46. The topological polar surface area (TPSA) is 51.1 Å². The van der Waals surface area contributed by atoms with E-state index in [1.807, 2.05) is 31.2 Å². The average Bonchev–Trinajstić information content (AvgIpc) is 2.40. The molecule has 1 aromatic carbocycles. The zero-order valence-corrected chi connectivity index (χ0v) is 11.0. The number of nitrogens with zero attached hydrogens (tertiary/aromatic N) is 1. The van der Waals surface area contributed by atoms with Gasteiger partial charge in [0.25, 0.3) is 11.5 Å². The van der Waals surface area contributed by atoms with Crippen LogP contribution in [0.1, 0.15) is 21.5 Å². The summed E-state index contributed by atoms with van der Waals surface area (Å²) in [5.74, 6) is -0.235. The lowest BCUT2D eigenvalue weighted by atomic mass is 10.1. The Morgan fingerprint density at radius 1 is 1.26 bits per heavy atom. The van der Waals surface area contributed by atoms with Crippen molar-refractivity contribution in [1.82, 2.24) is 9.88 Å². The molecule has 0 saturated heterocycles. The van der Waals surface area contributed by atoms with Crippen molar-refractivity contribution >= 4 is 5.91 Å². The molecule has 1 amide bonds. The molecule has 0 aliphatic carbocycles. The number of aromatic nitrogens is 1. The van der Waals surface area contributed by atoms with Crippen LogP contribution in [0, 0.1) is 6.92 Å². The van der Waals surface area contributed by atoms with Gasteiger partial charge in [-0.25, -0.2) is 0 Å². The number of hydrogen-bond acceptors (Lipinski definition) is 2. The van der Waals surface area contributed by atoms with Gasteiger partial charge in [-0.2, -0.15) is 0 Å². The van der Waals surface area contributed by atoms with Crippen molar-refractivity contribution in [2.75, 3.05) is 0 Å². The molecule has 0 unspecified atom stereocenters. The van der Waals surface area contributed by atoms with E-state index in [0.717, 1.165) is 11.1 Å². The highest BCUT2D eigenvalue weighted by atomic mass is 16.2. The van der Waals surface area contributed by atoms with Gasteiger partial charge in [0, 0.05) is 31.4 Å². The number of pyridine rings is 1. The van der Waals surface area contributed by atoms with Gasteiger partial charge >= 0.3 is 0 Å². The number of carbonyl (C=O) groups excluding carboxylic acids is 1. The zero-order chi connectivity index (χ0) is 13.8. The zero-order valence-electron chi connectivity index (χ0n) is 11.0. The minimum Gasteiger partial charge on any atom is -0.348 e. The number of rotatable bonds is 3. The molecule has 2 rings (SSSR count). The second-order valence-corrected chi connectivity index (χ2v) is 4.47. The monoisotopic (exact) mass is 256 g/mol. The van der Waals surface area contributed by atoms with Gasteiger partial charge in [-0.15, -0.1) is 0 Å². The van der Waals surface area contributed by atoms with Gasteiger partial charge in [0.1, 0.15) is 0 Å². The number of nitrogens with one attached hydrogen (secondary N) is 1. The highest BCUT2D eigenvalue weighted by Crippen LogP contribution is 2.06. The van der Waals surface area contributed by atoms with E-state index in [2.05, 4.69) is 5.32 Å².